The van der Waals surface area contributed by atoms with Gasteiger partial charge in [-0.05, 0) is 56.4 Å². The van der Waals surface area contributed by atoms with Crippen LogP contribution in [-0.2, 0) is 16.0 Å². The molecule has 0 saturated carbocycles. The summed E-state index contributed by atoms with van der Waals surface area (Å²) < 4.78 is 5.27. The Labute approximate surface area is 158 Å². The molecule has 2 rings (SSSR count). The number of carboxylic acids is 1. The summed E-state index contributed by atoms with van der Waals surface area (Å²) in [5, 5.41) is 18.8. The Bertz CT molecular complexity index is 548. The van der Waals surface area contributed by atoms with E-state index in [1.807, 2.05) is 17.0 Å². The Hall–Kier alpha value is -1.47. The molecule has 6 nitrogen and oxygen atoms in total. The lowest BCUT2D eigenvalue weighted by Gasteiger charge is -2.36. The van der Waals surface area contributed by atoms with Crippen LogP contribution in [0.2, 0.25) is 0 Å². The highest BCUT2D eigenvalue weighted by Crippen LogP contribution is 2.24. The Morgan fingerprint density at radius 2 is 2.27 bits per heavy atom. The van der Waals surface area contributed by atoms with Gasteiger partial charge in [0, 0.05) is 25.4 Å². The van der Waals surface area contributed by atoms with Gasteiger partial charge >= 0.3 is 5.97 Å². The van der Waals surface area contributed by atoms with Crippen LogP contribution < -0.4 is 0 Å². The first kappa shape index (κ1) is 20.8. The first-order valence-corrected chi connectivity index (χ1v) is 10.5. The van der Waals surface area contributed by atoms with E-state index in [1.54, 1.807) is 6.26 Å². The van der Waals surface area contributed by atoms with Crippen LogP contribution in [0.3, 0.4) is 0 Å². The fraction of sp³-hybridized carbons (Fsp3) is 0.684. The highest BCUT2D eigenvalue weighted by molar-refractivity contribution is 7.99. The van der Waals surface area contributed by atoms with E-state index < -0.39 is 12.1 Å². The zero-order valence-electron chi connectivity index (χ0n) is 15.1. The predicted molar refractivity (Wildman–Crippen MR) is 101 cm³/mol. The number of thioether (sulfide) groups is 1. The third-order valence-corrected chi connectivity index (χ3v) is 5.73. The number of unbranched alkanes of at least 4 members (excludes halogenated alkanes) is 1. The summed E-state index contributed by atoms with van der Waals surface area (Å²) in [6.45, 7) is 0.728. The molecule has 2 N–H and O–H groups in total. The van der Waals surface area contributed by atoms with Gasteiger partial charge in [0.15, 0.2) is 0 Å². The summed E-state index contributed by atoms with van der Waals surface area (Å²) >= 11 is 1.42. The molecule has 2 atom stereocenters. The van der Waals surface area contributed by atoms with Crippen LogP contribution in [0.1, 0.15) is 50.7 Å². The van der Waals surface area contributed by atoms with Gasteiger partial charge in [-0.25, -0.2) is 0 Å². The normalized spacial score (nSPS) is 18.9. The molecule has 1 aliphatic rings. The summed E-state index contributed by atoms with van der Waals surface area (Å²) in [6, 6.07) is 3.88. The van der Waals surface area contributed by atoms with Gasteiger partial charge in [0.05, 0.1) is 18.1 Å². The van der Waals surface area contributed by atoms with E-state index in [1.165, 1.54) is 11.8 Å². The Morgan fingerprint density at radius 1 is 1.42 bits per heavy atom. The van der Waals surface area contributed by atoms with Crippen LogP contribution in [-0.4, -0.2) is 57.2 Å². The third-order valence-electron chi connectivity index (χ3n) is 4.70. The predicted octanol–water partition coefficient (Wildman–Crippen LogP) is 2.94. The van der Waals surface area contributed by atoms with Crippen molar-refractivity contribution in [3.8, 4) is 0 Å². The molecule has 1 fully saturated rings. The average Bonchev–Trinajstić information content (AvgIpc) is 3.10. The van der Waals surface area contributed by atoms with Crippen molar-refractivity contribution in [3.05, 3.63) is 24.2 Å². The number of aliphatic hydroxyl groups is 1. The standard InChI is InChI=1S/C19H29NO5S/c21-16(13-17-6-4-11-25-17)9-8-15-5-3-7-18(22)20(15)10-1-2-12-26-14-19(23)24/h4,6,11,15-16,21H,1-3,5,7-10,12-14H2,(H,23,24)/t15-,16?/m1/s1. The van der Waals surface area contributed by atoms with Crippen LogP contribution in [0.15, 0.2) is 22.8 Å². The molecule has 1 saturated heterocycles. The molecule has 1 aromatic heterocycles. The van der Waals surface area contributed by atoms with E-state index in [4.69, 9.17) is 9.52 Å². The van der Waals surface area contributed by atoms with Gasteiger partial charge in [0.25, 0.3) is 0 Å². The average molecular weight is 384 g/mol. The molecule has 0 radical (unpaired) electrons. The van der Waals surface area contributed by atoms with Crippen LogP contribution in [0.4, 0.5) is 0 Å². The van der Waals surface area contributed by atoms with Crippen molar-refractivity contribution >= 4 is 23.6 Å². The lowest BCUT2D eigenvalue weighted by molar-refractivity contribution is -0.137. The largest absolute Gasteiger partial charge is 0.481 e. The number of hydrogen-bond acceptors (Lipinski definition) is 5. The number of likely N-dealkylation sites (tertiary alicyclic amines) is 1. The van der Waals surface area contributed by atoms with Gasteiger partial charge in [0.1, 0.15) is 5.76 Å². The lowest BCUT2D eigenvalue weighted by Crippen LogP contribution is -2.44. The first-order chi connectivity index (χ1) is 12.6. The van der Waals surface area contributed by atoms with Gasteiger partial charge in [-0.2, -0.15) is 11.8 Å². The van der Waals surface area contributed by atoms with Crippen molar-refractivity contribution in [2.45, 2.75) is 63.5 Å². The molecule has 1 aliphatic heterocycles. The van der Waals surface area contributed by atoms with Crippen LogP contribution in [0, 0.1) is 0 Å². The van der Waals surface area contributed by atoms with Gasteiger partial charge in [-0.3, -0.25) is 9.59 Å². The molecule has 7 heteroatoms. The molecule has 0 bridgehead atoms. The highest BCUT2D eigenvalue weighted by atomic mass is 32.2. The topological polar surface area (TPSA) is 91.0 Å². The number of amides is 1. The number of aliphatic hydroxyl groups excluding tert-OH is 1. The zero-order valence-corrected chi connectivity index (χ0v) is 16.0. The summed E-state index contributed by atoms with van der Waals surface area (Å²) in [6.07, 6.45) is 7.46. The number of piperidine rings is 1. The summed E-state index contributed by atoms with van der Waals surface area (Å²) in [4.78, 5) is 24.7. The van der Waals surface area contributed by atoms with E-state index >= 15 is 0 Å². The number of carbonyl (C=O) groups excluding carboxylic acids is 1. The highest BCUT2D eigenvalue weighted by Gasteiger charge is 2.27. The molecule has 26 heavy (non-hydrogen) atoms. The minimum absolute atomic E-state index is 0.138. The second kappa shape index (κ2) is 11.3. The number of carbonyl (C=O) groups is 2. The first-order valence-electron chi connectivity index (χ1n) is 9.35. The van der Waals surface area contributed by atoms with Gasteiger partial charge in [-0.15, -0.1) is 0 Å². The minimum Gasteiger partial charge on any atom is -0.481 e. The number of hydrogen-bond donors (Lipinski definition) is 2. The maximum atomic E-state index is 12.3. The van der Waals surface area contributed by atoms with E-state index in [0.717, 1.165) is 50.2 Å². The van der Waals surface area contributed by atoms with Crippen molar-refractivity contribution in [3.63, 3.8) is 0 Å². The SMILES string of the molecule is O=C(O)CSCCCCN1C(=O)CCC[C@@H]1CCC(O)Cc1ccco1. The molecule has 1 amide bonds. The maximum Gasteiger partial charge on any atom is 0.313 e. The van der Waals surface area contributed by atoms with E-state index in [9.17, 15) is 14.7 Å². The van der Waals surface area contributed by atoms with E-state index in [2.05, 4.69) is 0 Å². The fourth-order valence-corrected chi connectivity index (χ4v) is 4.12. The van der Waals surface area contributed by atoms with E-state index in [-0.39, 0.29) is 17.7 Å². The molecule has 1 unspecified atom stereocenters. The van der Waals surface area contributed by atoms with Crippen LogP contribution in [0.5, 0.6) is 0 Å². The smallest absolute Gasteiger partial charge is 0.313 e. The molecule has 0 aromatic carbocycles. The monoisotopic (exact) mass is 383 g/mol. The number of furan rings is 1. The quantitative estimate of drug-likeness (QED) is 0.539. The van der Waals surface area contributed by atoms with Crippen LogP contribution in [0.25, 0.3) is 0 Å². The van der Waals surface area contributed by atoms with Crippen molar-refractivity contribution in [2.24, 2.45) is 0 Å². The number of aliphatic carboxylic acids is 1. The van der Waals surface area contributed by atoms with E-state index in [0.29, 0.717) is 19.3 Å². The Balaban J connectivity index is 1.70. The minimum atomic E-state index is -0.783. The molecule has 146 valence electrons. The number of nitrogens with zero attached hydrogens (tertiary/aromatic N) is 1. The summed E-state index contributed by atoms with van der Waals surface area (Å²) in [7, 11) is 0. The molecular formula is C19H29NO5S. The Morgan fingerprint density at radius 3 is 3.00 bits per heavy atom. The van der Waals surface area contributed by atoms with Crippen molar-refractivity contribution < 1.29 is 24.2 Å². The fourth-order valence-electron chi connectivity index (χ4n) is 3.39. The second-order valence-corrected chi connectivity index (χ2v) is 7.91. The molecule has 2 heterocycles. The number of rotatable bonds is 12. The molecule has 0 aliphatic carbocycles. The van der Waals surface area contributed by atoms with Crippen LogP contribution >= 0.6 is 11.8 Å². The maximum absolute atomic E-state index is 12.3. The molecular weight excluding hydrogens is 354 g/mol. The van der Waals surface area contributed by atoms with Gasteiger partial charge in [-0.1, -0.05) is 0 Å². The van der Waals surface area contributed by atoms with Crippen molar-refractivity contribution in [2.75, 3.05) is 18.1 Å². The third kappa shape index (κ3) is 7.41. The Kier molecular flexibility index (Phi) is 9.05. The van der Waals surface area contributed by atoms with Gasteiger partial charge < -0.3 is 19.5 Å². The van der Waals surface area contributed by atoms with Crippen molar-refractivity contribution in [1.82, 2.24) is 4.90 Å². The van der Waals surface area contributed by atoms with Gasteiger partial charge in [0.2, 0.25) is 5.91 Å². The summed E-state index contributed by atoms with van der Waals surface area (Å²) in [5.41, 5.74) is 0. The summed E-state index contributed by atoms with van der Waals surface area (Å²) in [5.74, 6) is 1.15. The second-order valence-electron chi connectivity index (χ2n) is 6.80. The zero-order chi connectivity index (χ0) is 18.8. The molecule has 0 spiro atoms. The lowest BCUT2D eigenvalue weighted by atomic mass is 9.95. The number of carboxylic acid groups (broad SMARTS) is 1. The van der Waals surface area contributed by atoms with Crippen molar-refractivity contribution in [1.29, 1.82) is 0 Å². The molecule has 1 aromatic rings.